The topological polar surface area (TPSA) is 163 Å². The number of carbonyl (C=O) groups excluding carboxylic acids is 1. The van der Waals surface area contributed by atoms with E-state index in [4.69, 9.17) is 41.5 Å². The molecule has 4 N–H and O–H groups in total. The summed E-state index contributed by atoms with van der Waals surface area (Å²) >= 11 is 5.80. The van der Waals surface area contributed by atoms with Crippen molar-refractivity contribution in [3.05, 3.63) is 36.7 Å². The maximum atomic E-state index is 12.3. The molecule has 216 valence electrons. The molecule has 2 aromatic heterocycles. The van der Waals surface area contributed by atoms with Gasteiger partial charge in [-0.2, -0.15) is 9.97 Å². The van der Waals surface area contributed by atoms with Gasteiger partial charge in [0.05, 0.1) is 25.6 Å². The molecule has 1 aromatic carbocycles. The van der Waals surface area contributed by atoms with Gasteiger partial charge in [-0.15, -0.1) is 0 Å². The maximum absolute atomic E-state index is 12.3. The number of hydrogen-bond acceptors (Lipinski definition) is 12. The van der Waals surface area contributed by atoms with Crippen LogP contribution in [0.25, 0.3) is 11.2 Å². The van der Waals surface area contributed by atoms with Gasteiger partial charge in [0, 0.05) is 25.7 Å². The first-order chi connectivity index (χ1) is 19.0. The summed E-state index contributed by atoms with van der Waals surface area (Å²) in [7, 11) is 3.70. The summed E-state index contributed by atoms with van der Waals surface area (Å²) in [6.45, 7) is 2.20. The number of rotatable bonds is 12. The maximum Gasteiger partial charge on any atom is 0.323 e. The number of nitrogens with zero attached hydrogens (tertiary/aromatic N) is 5. The van der Waals surface area contributed by atoms with E-state index in [9.17, 15) is 4.79 Å². The molecule has 40 heavy (non-hydrogen) atoms. The van der Waals surface area contributed by atoms with Crippen LogP contribution in [0.5, 0.6) is 5.75 Å². The van der Waals surface area contributed by atoms with Crippen LogP contribution in [0.3, 0.4) is 0 Å². The number of nitrogen functional groups attached to an aromatic ring is 1. The lowest BCUT2D eigenvalue weighted by molar-refractivity contribution is -0.144. The van der Waals surface area contributed by atoms with Crippen LogP contribution in [0, 0.1) is 11.3 Å². The number of imidazole rings is 1. The minimum absolute atomic E-state index is 0.0691. The van der Waals surface area contributed by atoms with Crippen molar-refractivity contribution in [2.45, 2.75) is 45.6 Å². The second kappa shape index (κ2) is 12.6. The first-order valence-corrected chi connectivity index (χ1v) is 15.5. The summed E-state index contributed by atoms with van der Waals surface area (Å²) in [5, 5.41) is 11.5. The van der Waals surface area contributed by atoms with Crippen LogP contribution in [0.4, 0.5) is 11.8 Å². The number of esters is 1. The number of anilines is 2. The van der Waals surface area contributed by atoms with Gasteiger partial charge in [-0.05, 0) is 51.1 Å². The molecule has 0 amide bonds. The van der Waals surface area contributed by atoms with Crippen LogP contribution in [-0.2, 0) is 30.6 Å². The van der Waals surface area contributed by atoms with Crippen molar-refractivity contribution in [1.29, 1.82) is 5.41 Å². The first kappa shape index (κ1) is 29.8. The molecule has 1 aliphatic rings. The van der Waals surface area contributed by atoms with Gasteiger partial charge in [0.1, 0.15) is 18.0 Å². The van der Waals surface area contributed by atoms with E-state index in [1.54, 1.807) is 43.8 Å². The zero-order valence-corrected chi connectivity index (χ0v) is 24.8. The molecule has 0 bridgehead atoms. The number of fused-ring (bicyclic) bond motifs is 1. The number of aromatic nitrogens is 4. The number of nitrogens with two attached hydrogens (primary N) is 1. The number of benzene rings is 1. The minimum atomic E-state index is -3.23. The molecule has 3 heterocycles. The molecule has 0 spiro atoms. The zero-order chi connectivity index (χ0) is 29.0. The van der Waals surface area contributed by atoms with E-state index in [0.29, 0.717) is 34.9 Å². The second-order valence-corrected chi connectivity index (χ2v) is 12.7. The minimum Gasteiger partial charge on any atom is -0.465 e. The largest absolute Gasteiger partial charge is 0.465 e. The number of nitrogens with one attached hydrogen (secondary N) is 2. The Morgan fingerprint density at radius 3 is 2.73 bits per heavy atom. The van der Waals surface area contributed by atoms with Gasteiger partial charge in [0.15, 0.2) is 17.0 Å². The lowest BCUT2D eigenvalue weighted by Gasteiger charge is -2.27. The Bertz CT molecular complexity index is 1400. The Hall–Kier alpha value is -3.16. The lowest BCUT2D eigenvalue weighted by Crippen LogP contribution is -2.35. The van der Waals surface area contributed by atoms with E-state index in [1.165, 1.54) is 0 Å². The average Bonchev–Trinajstić information content (AvgIpc) is 3.52. The third kappa shape index (κ3) is 6.76. The van der Waals surface area contributed by atoms with Crippen LogP contribution in [0.2, 0.25) is 0 Å². The summed E-state index contributed by atoms with van der Waals surface area (Å²) in [5.74, 6) is 0.470. The van der Waals surface area contributed by atoms with Crippen LogP contribution in [0.1, 0.15) is 33.4 Å². The van der Waals surface area contributed by atoms with Gasteiger partial charge >= 0.3 is 12.6 Å². The molecule has 1 saturated heterocycles. The van der Waals surface area contributed by atoms with Crippen LogP contribution in [-0.4, -0.2) is 70.7 Å². The monoisotopic (exact) mass is 590 g/mol. The van der Waals surface area contributed by atoms with E-state index in [-0.39, 0.29) is 25.1 Å². The second-order valence-electron chi connectivity index (χ2n) is 9.60. The highest BCUT2D eigenvalue weighted by Gasteiger charge is 2.40. The van der Waals surface area contributed by atoms with Gasteiger partial charge in [-0.25, -0.2) is 10.1 Å². The van der Waals surface area contributed by atoms with Crippen molar-refractivity contribution in [3.63, 3.8) is 0 Å². The van der Waals surface area contributed by atoms with E-state index in [0.717, 1.165) is 0 Å². The van der Waals surface area contributed by atoms with Crippen molar-refractivity contribution < 1.29 is 23.3 Å². The summed E-state index contributed by atoms with van der Waals surface area (Å²) in [5.41, 5.74) is 7.53. The summed E-state index contributed by atoms with van der Waals surface area (Å²) in [4.78, 5) is 27.4. The van der Waals surface area contributed by atoms with Gasteiger partial charge in [-0.1, -0.05) is 18.2 Å². The zero-order valence-electron chi connectivity index (χ0n) is 23.1. The Morgan fingerprint density at radius 2 is 2.08 bits per heavy atom. The lowest BCUT2D eigenvalue weighted by atomic mass is 9.98. The highest BCUT2D eigenvalue weighted by atomic mass is 32.5. The fourth-order valence-corrected chi connectivity index (χ4v) is 6.81. The number of carbonyl (C=O) groups is 1. The molecule has 0 saturated carbocycles. The summed E-state index contributed by atoms with van der Waals surface area (Å²) in [6, 6.07) is 8.27. The molecular weight excluding hydrogens is 555 g/mol. The van der Waals surface area contributed by atoms with Gasteiger partial charge in [0.25, 0.3) is 0 Å². The van der Waals surface area contributed by atoms with E-state index in [2.05, 4.69) is 20.0 Å². The van der Waals surface area contributed by atoms with Gasteiger partial charge in [0.2, 0.25) is 5.95 Å². The number of para-hydroxylation sites is 1. The third-order valence-corrected chi connectivity index (χ3v) is 8.76. The smallest absolute Gasteiger partial charge is 0.323 e. The quantitative estimate of drug-likeness (QED) is 0.161. The molecule has 0 radical (unpaired) electrons. The van der Waals surface area contributed by atoms with Crippen molar-refractivity contribution in [2.24, 2.45) is 5.92 Å². The SMILES string of the molecule is CCOC(=O)[C@H](C)N[P@](=S)(OC[C@@H]1C[C@H](C(C)=N)[C@H](n2cnc3c(N(C)C)nc(N)nc32)O1)Oc1ccccc1. The fourth-order valence-electron chi connectivity index (χ4n) is 4.37. The average molecular weight is 591 g/mol. The van der Waals surface area contributed by atoms with Crippen molar-refractivity contribution in [1.82, 2.24) is 24.6 Å². The molecule has 15 heteroatoms. The predicted octanol–water partition coefficient (Wildman–Crippen LogP) is 3.28. The molecule has 1 aliphatic heterocycles. The Morgan fingerprint density at radius 1 is 1.35 bits per heavy atom. The number of hydrogen-bond donors (Lipinski definition) is 3. The normalized spacial score (nSPS) is 21.1. The third-order valence-electron chi connectivity index (χ3n) is 6.26. The highest BCUT2D eigenvalue weighted by Crippen LogP contribution is 2.47. The van der Waals surface area contributed by atoms with E-state index >= 15 is 0 Å². The Labute approximate surface area is 238 Å². The summed E-state index contributed by atoms with van der Waals surface area (Å²) in [6.07, 6.45) is 1.12. The van der Waals surface area contributed by atoms with Crippen LogP contribution >= 0.6 is 6.64 Å². The first-order valence-electron chi connectivity index (χ1n) is 12.8. The molecular formula is C25H35N8O5PS. The molecule has 0 aliphatic carbocycles. The van der Waals surface area contributed by atoms with Crippen LogP contribution < -0.4 is 20.2 Å². The van der Waals surface area contributed by atoms with Gasteiger partial charge < -0.3 is 34.6 Å². The molecule has 4 rings (SSSR count). The molecule has 13 nitrogen and oxygen atoms in total. The molecule has 1 fully saturated rings. The van der Waals surface area contributed by atoms with Gasteiger partial charge in [-0.3, -0.25) is 9.36 Å². The van der Waals surface area contributed by atoms with Crippen molar-refractivity contribution >= 4 is 53.1 Å². The van der Waals surface area contributed by atoms with Crippen molar-refractivity contribution in [3.8, 4) is 5.75 Å². The predicted molar refractivity (Wildman–Crippen MR) is 156 cm³/mol. The number of ether oxygens (including phenoxy) is 2. The fraction of sp³-hybridized carbons (Fsp3) is 0.480. The molecule has 5 atom stereocenters. The molecule has 3 aromatic rings. The highest BCUT2D eigenvalue weighted by molar-refractivity contribution is 8.09. The van der Waals surface area contributed by atoms with Crippen LogP contribution in [0.15, 0.2) is 36.7 Å². The van der Waals surface area contributed by atoms with Crippen molar-refractivity contribution in [2.75, 3.05) is 37.9 Å². The molecule has 0 unspecified atom stereocenters. The Balaban J connectivity index is 1.56. The van der Waals surface area contributed by atoms with E-state index in [1.807, 2.05) is 37.2 Å². The van der Waals surface area contributed by atoms with E-state index < -0.39 is 31.0 Å². The Kier molecular flexibility index (Phi) is 9.37. The standard InChI is InChI=1S/C25H35N8O5PS/c1-6-35-24(34)16(3)31-39(40,38-17-10-8-7-9-11-17)36-13-18-12-19(15(2)26)23(37-18)33-14-28-20-21(32(4)5)29-25(27)30-22(20)33/h7-11,14,16,18-19,23,26H,6,12-13H2,1-5H3,(H,31,40)(H2,27,29,30)/t16-,18-,19+,23+,39-/m0/s1. The summed E-state index contributed by atoms with van der Waals surface area (Å²) < 4.78 is 25.6.